The van der Waals surface area contributed by atoms with Gasteiger partial charge in [-0.1, -0.05) is 38.7 Å². The molecule has 0 atom stereocenters. The molecular formula is C10H19N. The highest BCUT2D eigenvalue weighted by molar-refractivity contribution is 4.97. The van der Waals surface area contributed by atoms with Crippen LogP contribution in [-0.4, -0.2) is 24.5 Å². The molecular weight excluding hydrogens is 134 g/mol. The number of rotatable bonds is 6. The molecule has 0 saturated carbocycles. The largest absolute Gasteiger partial charge is 0.304 e. The van der Waals surface area contributed by atoms with Crippen molar-refractivity contribution in [3.05, 3.63) is 24.8 Å². The zero-order valence-corrected chi connectivity index (χ0v) is 7.71. The number of hydrogen-bond donors (Lipinski definition) is 0. The molecule has 0 saturated heterocycles. The van der Waals surface area contributed by atoms with E-state index < -0.39 is 0 Å². The van der Waals surface area contributed by atoms with Gasteiger partial charge in [0, 0.05) is 6.54 Å². The van der Waals surface area contributed by atoms with Crippen LogP contribution in [0.2, 0.25) is 0 Å². The van der Waals surface area contributed by atoms with Crippen LogP contribution in [0.15, 0.2) is 24.8 Å². The van der Waals surface area contributed by atoms with Gasteiger partial charge in [-0.2, -0.15) is 0 Å². The van der Waals surface area contributed by atoms with Crippen LogP contribution >= 0.6 is 0 Å². The highest BCUT2D eigenvalue weighted by Gasteiger charge is 1.94. The molecule has 1 nitrogen and oxygen atoms in total. The van der Waals surface area contributed by atoms with E-state index in [1.165, 1.54) is 0 Å². The van der Waals surface area contributed by atoms with E-state index in [-0.39, 0.29) is 0 Å². The van der Waals surface area contributed by atoms with Gasteiger partial charge in [-0.15, -0.1) is 0 Å². The van der Waals surface area contributed by atoms with Crippen molar-refractivity contribution in [1.82, 2.24) is 4.90 Å². The minimum absolute atomic E-state index is 1.13. The molecule has 0 bridgehead atoms. The summed E-state index contributed by atoms with van der Waals surface area (Å²) in [4.78, 5) is 2.41. The van der Waals surface area contributed by atoms with Crippen LogP contribution in [0.1, 0.15) is 20.3 Å². The Hall–Kier alpha value is -0.560. The van der Waals surface area contributed by atoms with Crippen molar-refractivity contribution in [2.75, 3.05) is 19.6 Å². The lowest BCUT2D eigenvalue weighted by Gasteiger charge is -2.15. The van der Waals surface area contributed by atoms with Crippen LogP contribution in [-0.2, 0) is 0 Å². The van der Waals surface area contributed by atoms with Crippen LogP contribution in [0.25, 0.3) is 0 Å². The average molecular weight is 153 g/mol. The second-order valence-corrected chi connectivity index (χ2v) is 2.48. The molecule has 0 amide bonds. The molecule has 0 unspecified atom stereocenters. The molecule has 64 valence electrons. The van der Waals surface area contributed by atoms with Gasteiger partial charge in [0.2, 0.25) is 0 Å². The molecule has 0 aliphatic carbocycles. The van der Waals surface area contributed by atoms with Gasteiger partial charge in [0.1, 0.15) is 0 Å². The molecule has 0 radical (unpaired) electrons. The van der Waals surface area contributed by atoms with Gasteiger partial charge in [-0.3, -0.25) is 0 Å². The second-order valence-electron chi connectivity index (χ2n) is 2.48. The summed E-state index contributed by atoms with van der Waals surface area (Å²) in [6.45, 7) is 11.5. The van der Waals surface area contributed by atoms with Crippen LogP contribution in [0.3, 0.4) is 0 Å². The maximum absolute atomic E-state index is 3.62. The first-order chi connectivity index (χ1) is 5.35. The van der Waals surface area contributed by atoms with Crippen molar-refractivity contribution in [2.45, 2.75) is 20.3 Å². The summed E-state index contributed by atoms with van der Waals surface area (Å²) >= 11 is 0. The van der Waals surface area contributed by atoms with Crippen molar-refractivity contribution in [1.29, 1.82) is 0 Å². The Balaban J connectivity index is 3.34. The summed E-state index contributed by atoms with van der Waals surface area (Å²) in [5.41, 5.74) is 0. The molecule has 0 rings (SSSR count). The van der Waals surface area contributed by atoms with Crippen LogP contribution in [0.5, 0.6) is 0 Å². The number of hydrogen-bond acceptors (Lipinski definition) is 1. The maximum atomic E-state index is 3.62. The summed E-state index contributed by atoms with van der Waals surface area (Å²) in [6.07, 6.45) is 7.12. The fourth-order valence-electron chi connectivity index (χ4n) is 0.989. The third kappa shape index (κ3) is 5.86. The van der Waals surface area contributed by atoms with E-state index >= 15 is 0 Å². The van der Waals surface area contributed by atoms with E-state index in [2.05, 4.69) is 31.4 Å². The molecule has 0 aliphatic heterocycles. The maximum Gasteiger partial charge on any atom is 0.00158 e. The topological polar surface area (TPSA) is 3.24 Å². The van der Waals surface area contributed by atoms with Gasteiger partial charge in [0.05, 0.1) is 0 Å². The monoisotopic (exact) mass is 153 g/mol. The van der Waals surface area contributed by atoms with Crippen LogP contribution in [0, 0.1) is 0 Å². The zero-order chi connectivity index (χ0) is 8.53. The minimum Gasteiger partial charge on any atom is -0.304 e. The molecule has 0 aromatic rings. The van der Waals surface area contributed by atoms with Crippen LogP contribution in [0.4, 0.5) is 0 Å². The zero-order valence-electron chi connectivity index (χ0n) is 7.71. The molecule has 0 fully saturated rings. The van der Waals surface area contributed by atoms with Gasteiger partial charge < -0.3 is 4.90 Å². The Morgan fingerprint density at radius 1 is 1.27 bits per heavy atom. The Morgan fingerprint density at radius 3 is 2.36 bits per heavy atom. The summed E-state index contributed by atoms with van der Waals surface area (Å²) in [6, 6.07) is 0. The van der Waals surface area contributed by atoms with Gasteiger partial charge in [-0.25, -0.2) is 0 Å². The van der Waals surface area contributed by atoms with Crippen LogP contribution < -0.4 is 0 Å². The van der Waals surface area contributed by atoms with Gasteiger partial charge in [0.15, 0.2) is 0 Å². The Morgan fingerprint density at radius 2 is 1.91 bits per heavy atom. The highest BCUT2D eigenvalue weighted by atomic mass is 15.1. The fourth-order valence-corrected chi connectivity index (χ4v) is 0.989. The van der Waals surface area contributed by atoms with Gasteiger partial charge in [-0.05, 0) is 19.5 Å². The first-order valence-corrected chi connectivity index (χ1v) is 4.35. The number of allylic oxidation sites excluding steroid dienone is 2. The molecule has 0 aliphatic rings. The lowest BCUT2D eigenvalue weighted by molar-refractivity contribution is 0.310. The quantitative estimate of drug-likeness (QED) is 0.530. The van der Waals surface area contributed by atoms with E-state index in [1.807, 2.05) is 12.2 Å². The predicted octanol–water partition coefficient (Wildman–Crippen LogP) is 2.46. The van der Waals surface area contributed by atoms with E-state index in [1.54, 1.807) is 0 Å². The predicted molar refractivity (Wildman–Crippen MR) is 51.7 cm³/mol. The van der Waals surface area contributed by atoms with Crippen molar-refractivity contribution in [3.63, 3.8) is 0 Å². The van der Waals surface area contributed by atoms with Crippen molar-refractivity contribution >= 4 is 0 Å². The third-order valence-corrected chi connectivity index (χ3v) is 1.78. The van der Waals surface area contributed by atoms with E-state index in [0.29, 0.717) is 0 Å². The summed E-state index contributed by atoms with van der Waals surface area (Å²) in [5, 5.41) is 0. The standard InChI is InChI=1S/C10H19N/c1-4-7-8-9-10-11(5-2)6-3/h4,7-8H,1,5-6,9-10H2,2-3H3. The average Bonchev–Trinajstić information content (AvgIpc) is 2.05. The molecule has 0 N–H and O–H groups in total. The molecule has 1 heteroatoms. The molecule has 0 heterocycles. The van der Waals surface area contributed by atoms with Crippen molar-refractivity contribution in [2.24, 2.45) is 0 Å². The van der Waals surface area contributed by atoms with E-state index in [4.69, 9.17) is 0 Å². The Kier molecular flexibility index (Phi) is 7.16. The number of nitrogens with zero attached hydrogens (tertiary/aromatic N) is 1. The van der Waals surface area contributed by atoms with Crippen molar-refractivity contribution in [3.8, 4) is 0 Å². The van der Waals surface area contributed by atoms with Gasteiger partial charge >= 0.3 is 0 Å². The second kappa shape index (κ2) is 7.55. The molecule has 0 aromatic carbocycles. The van der Waals surface area contributed by atoms with Crippen molar-refractivity contribution < 1.29 is 0 Å². The van der Waals surface area contributed by atoms with E-state index in [9.17, 15) is 0 Å². The van der Waals surface area contributed by atoms with E-state index in [0.717, 1.165) is 26.1 Å². The first-order valence-electron chi connectivity index (χ1n) is 4.35. The highest BCUT2D eigenvalue weighted by Crippen LogP contribution is 1.91. The Labute approximate surface area is 70.4 Å². The first kappa shape index (κ1) is 10.4. The fraction of sp³-hybridized carbons (Fsp3) is 0.600. The minimum atomic E-state index is 1.13. The lowest BCUT2D eigenvalue weighted by Crippen LogP contribution is -2.23. The molecule has 0 spiro atoms. The van der Waals surface area contributed by atoms with Gasteiger partial charge in [0.25, 0.3) is 0 Å². The lowest BCUT2D eigenvalue weighted by atomic mass is 10.3. The molecule has 11 heavy (non-hydrogen) atoms. The summed E-state index contributed by atoms with van der Waals surface area (Å²) in [7, 11) is 0. The third-order valence-electron chi connectivity index (χ3n) is 1.78. The Bertz CT molecular complexity index is 112. The smallest absolute Gasteiger partial charge is 0.00158 e. The summed E-state index contributed by atoms with van der Waals surface area (Å²) < 4.78 is 0. The SMILES string of the molecule is C=CC=CCCN(CC)CC. The normalized spacial score (nSPS) is 11.2. The molecule has 0 aromatic heterocycles. The summed E-state index contributed by atoms with van der Waals surface area (Å²) in [5.74, 6) is 0.